The van der Waals surface area contributed by atoms with Crippen LogP contribution in [0.2, 0.25) is 25.7 Å². The first-order valence-corrected chi connectivity index (χ1v) is 17.1. The fraction of sp³-hybridized carbons (Fsp3) is 0.536. The van der Waals surface area contributed by atoms with E-state index in [4.69, 9.17) is 19.2 Å². The number of hydrogen-bond donors (Lipinski definition) is 0. The average Bonchev–Trinajstić information content (AvgIpc) is 3.25. The van der Waals surface area contributed by atoms with Gasteiger partial charge in [0.2, 0.25) is 0 Å². The molecule has 4 heterocycles. The predicted molar refractivity (Wildman–Crippen MR) is 150 cm³/mol. The third-order valence-corrected chi connectivity index (χ3v) is 8.39. The largest absolute Gasteiger partial charge is 0.449 e. The Morgan fingerprint density at radius 2 is 1.92 bits per heavy atom. The van der Waals surface area contributed by atoms with Gasteiger partial charge in [-0.15, -0.1) is 0 Å². The molecule has 200 valence electrons. The quantitative estimate of drug-likeness (QED) is 0.215. The van der Waals surface area contributed by atoms with Crippen molar-refractivity contribution < 1.29 is 19.0 Å². The lowest BCUT2D eigenvalue weighted by atomic mass is 10.1. The van der Waals surface area contributed by atoms with Gasteiger partial charge in [0.25, 0.3) is 0 Å². The summed E-state index contributed by atoms with van der Waals surface area (Å²) in [5.74, 6) is 0.601. The Morgan fingerprint density at radius 1 is 1.16 bits per heavy atom. The minimum absolute atomic E-state index is 0.0103. The van der Waals surface area contributed by atoms with Gasteiger partial charge in [0, 0.05) is 69.5 Å². The second kappa shape index (κ2) is 12.7. The first kappa shape index (κ1) is 27.3. The number of fused-ring (bicyclic) bond motifs is 1. The number of pyridine rings is 2. The number of aromatic nitrogens is 3. The minimum atomic E-state index is -1.20. The zero-order chi connectivity index (χ0) is 26.3. The molecule has 4 rings (SSSR count). The summed E-state index contributed by atoms with van der Waals surface area (Å²) in [7, 11) is -1.20. The first-order valence-electron chi connectivity index (χ1n) is 13.4. The Kier molecular flexibility index (Phi) is 9.34. The lowest BCUT2D eigenvalue weighted by Gasteiger charge is -2.32. The number of ether oxygens (including phenoxy) is 3. The Balaban J connectivity index is 1.70. The van der Waals surface area contributed by atoms with Crippen molar-refractivity contribution in [2.24, 2.45) is 0 Å². The lowest BCUT2D eigenvalue weighted by molar-refractivity contribution is 0.0809. The van der Waals surface area contributed by atoms with E-state index < -0.39 is 8.07 Å². The topological polar surface area (TPSA) is 78.7 Å². The van der Waals surface area contributed by atoms with E-state index in [-0.39, 0.29) is 12.1 Å². The predicted octanol–water partition coefficient (Wildman–Crippen LogP) is 6.33. The van der Waals surface area contributed by atoms with Gasteiger partial charge < -0.3 is 18.8 Å². The molecule has 8 nitrogen and oxygen atoms in total. The van der Waals surface area contributed by atoms with E-state index in [9.17, 15) is 4.79 Å². The second-order valence-corrected chi connectivity index (χ2v) is 16.4. The monoisotopic (exact) mass is 524 g/mol. The van der Waals surface area contributed by atoms with Crippen LogP contribution in [0.4, 0.5) is 10.6 Å². The number of amides is 1. The Morgan fingerprint density at radius 3 is 2.62 bits per heavy atom. The van der Waals surface area contributed by atoms with E-state index >= 15 is 0 Å². The van der Waals surface area contributed by atoms with Crippen molar-refractivity contribution in [1.29, 1.82) is 0 Å². The van der Waals surface area contributed by atoms with E-state index in [0.717, 1.165) is 60.5 Å². The number of rotatable bonds is 11. The van der Waals surface area contributed by atoms with Crippen molar-refractivity contribution in [2.45, 2.75) is 71.1 Å². The van der Waals surface area contributed by atoms with Gasteiger partial charge >= 0.3 is 6.09 Å². The van der Waals surface area contributed by atoms with Gasteiger partial charge in [-0.05, 0) is 43.5 Å². The van der Waals surface area contributed by atoms with Gasteiger partial charge in [0.15, 0.2) is 0 Å². The highest BCUT2D eigenvalue weighted by Crippen LogP contribution is 2.31. The number of nitrogens with zero attached hydrogens (tertiary/aromatic N) is 4. The van der Waals surface area contributed by atoms with E-state index in [2.05, 4.69) is 42.2 Å². The van der Waals surface area contributed by atoms with Crippen LogP contribution < -0.4 is 4.90 Å². The SMILES string of the molecule is CCCCOC(=O)N(c1cc2c(cn1)cc(-c1ccncc1)n2COCC[Si](C)(C)C)C1CCOCC1. The molecule has 1 saturated heterocycles. The zero-order valence-corrected chi connectivity index (χ0v) is 23.6. The molecule has 9 heteroatoms. The van der Waals surface area contributed by atoms with Crippen LogP contribution in [0.15, 0.2) is 42.9 Å². The maximum Gasteiger partial charge on any atom is 0.415 e. The van der Waals surface area contributed by atoms with E-state index in [1.165, 1.54) is 0 Å². The molecule has 1 amide bonds. The van der Waals surface area contributed by atoms with Crippen LogP contribution in [-0.4, -0.2) is 61.2 Å². The van der Waals surface area contributed by atoms with Crippen LogP contribution in [0, 0.1) is 0 Å². The van der Waals surface area contributed by atoms with Crippen molar-refractivity contribution in [2.75, 3.05) is 31.3 Å². The zero-order valence-electron chi connectivity index (χ0n) is 22.6. The number of carbonyl (C=O) groups excluding carboxylic acids is 1. The highest BCUT2D eigenvalue weighted by molar-refractivity contribution is 6.76. The summed E-state index contributed by atoms with van der Waals surface area (Å²) >= 11 is 0. The third kappa shape index (κ3) is 7.18. The van der Waals surface area contributed by atoms with E-state index in [1.54, 1.807) is 17.3 Å². The minimum Gasteiger partial charge on any atom is -0.449 e. The van der Waals surface area contributed by atoms with Crippen LogP contribution in [0.5, 0.6) is 0 Å². The Bertz CT molecular complexity index is 1160. The standard InChI is InChI=1S/C28H40N4O4Si/c1-5-6-13-36-28(33)32(24-9-14-34-15-10-24)27-19-26-23(20-30-27)18-25(22-7-11-29-12-8-22)31(26)21-35-16-17-37(2,3)4/h7-8,11-12,18-20,24H,5-6,9-10,13-17,21H2,1-4H3. The van der Waals surface area contributed by atoms with Crippen LogP contribution in [-0.2, 0) is 20.9 Å². The average molecular weight is 525 g/mol. The van der Waals surface area contributed by atoms with Crippen molar-refractivity contribution in [3.05, 3.63) is 42.9 Å². The molecule has 0 aromatic carbocycles. The van der Waals surface area contributed by atoms with E-state index in [1.807, 2.05) is 24.4 Å². The summed E-state index contributed by atoms with van der Waals surface area (Å²) < 4.78 is 19.6. The molecule has 1 aliphatic rings. The third-order valence-electron chi connectivity index (χ3n) is 6.69. The van der Waals surface area contributed by atoms with Gasteiger partial charge in [-0.3, -0.25) is 9.88 Å². The highest BCUT2D eigenvalue weighted by Gasteiger charge is 2.30. The molecule has 0 radical (unpaired) electrons. The molecule has 0 atom stereocenters. The Labute approximate surface area is 221 Å². The summed E-state index contributed by atoms with van der Waals surface area (Å²) in [6.45, 7) is 11.9. The molecule has 3 aromatic heterocycles. The summed E-state index contributed by atoms with van der Waals surface area (Å²) in [5.41, 5.74) is 3.07. The molecule has 0 saturated carbocycles. The maximum atomic E-state index is 13.3. The first-order chi connectivity index (χ1) is 17.9. The molecule has 0 spiro atoms. The van der Waals surface area contributed by atoms with Gasteiger partial charge in [-0.2, -0.15) is 0 Å². The fourth-order valence-electron chi connectivity index (χ4n) is 4.46. The lowest BCUT2D eigenvalue weighted by Crippen LogP contribution is -2.44. The molecule has 0 bridgehead atoms. The summed E-state index contributed by atoms with van der Waals surface area (Å²) in [6, 6.07) is 9.22. The molecule has 0 N–H and O–H groups in total. The molecule has 37 heavy (non-hydrogen) atoms. The molecule has 1 fully saturated rings. The highest BCUT2D eigenvalue weighted by atomic mass is 28.3. The van der Waals surface area contributed by atoms with Gasteiger partial charge in [-0.25, -0.2) is 9.78 Å². The van der Waals surface area contributed by atoms with Crippen LogP contribution in [0.25, 0.3) is 22.2 Å². The van der Waals surface area contributed by atoms with Gasteiger partial charge in [0.1, 0.15) is 12.5 Å². The Hall–Kier alpha value is -2.75. The van der Waals surface area contributed by atoms with Gasteiger partial charge in [0.05, 0.1) is 17.8 Å². The number of carbonyl (C=O) groups is 1. The normalized spacial score (nSPS) is 14.7. The maximum absolute atomic E-state index is 13.3. The van der Waals surface area contributed by atoms with Crippen molar-refractivity contribution in [3.63, 3.8) is 0 Å². The summed E-state index contributed by atoms with van der Waals surface area (Å²) in [6.07, 6.45) is 8.42. The summed E-state index contributed by atoms with van der Waals surface area (Å²) in [4.78, 5) is 23.9. The number of anilines is 1. The van der Waals surface area contributed by atoms with Crippen LogP contribution >= 0.6 is 0 Å². The van der Waals surface area contributed by atoms with Crippen molar-refractivity contribution >= 4 is 30.9 Å². The van der Waals surface area contributed by atoms with Gasteiger partial charge in [-0.1, -0.05) is 33.0 Å². The molecule has 1 aliphatic heterocycles. The van der Waals surface area contributed by atoms with E-state index in [0.29, 0.717) is 32.4 Å². The van der Waals surface area contributed by atoms with Crippen LogP contribution in [0.3, 0.4) is 0 Å². The number of unbranched alkanes of at least 4 members (excludes halogenated alkanes) is 1. The molecule has 0 unspecified atom stereocenters. The van der Waals surface area contributed by atoms with Crippen molar-refractivity contribution in [3.8, 4) is 11.3 Å². The fourth-order valence-corrected chi connectivity index (χ4v) is 5.21. The van der Waals surface area contributed by atoms with Crippen molar-refractivity contribution in [1.82, 2.24) is 14.5 Å². The molecule has 3 aromatic rings. The smallest absolute Gasteiger partial charge is 0.415 e. The summed E-state index contributed by atoms with van der Waals surface area (Å²) in [5, 5.41) is 0.996. The second-order valence-electron chi connectivity index (χ2n) is 10.8. The molecule has 0 aliphatic carbocycles. The molecular formula is C28H40N4O4Si. The molecular weight excluding hydrogens is 484 g/mol. The number of hydrogen-bond acceptors (Lipinski definition) is 6. The van der Waals surface area contributed by atoms with Crippen LogP contribution in [0.1, 0.15) is 32.6 Å².